The minimum atomic E-state index is -0.536. The van der Waals surface area contributed by atoms with Gasteiger partial charge in [0.25, 0.3) is 11.6 Å². The van der Waals surface area contributed by atoms with E-state index in [1.54, 1.807) is 6.92 Å². The molecule has 2 aromatic carbocycles. The summed E-state index contributed by atoms with van der Waals surface area (Å²) in [4.78, 5) is 22.3. The molecule has 3 N–H and O–H groups in total. The van der Waals surface area contributed by atoms with Crippen molar-refractivity contribution < 1.29 is 19.9 Å². The number of nitrogens with one attached hydrogen (secondary N) is 1. The van der Waals surface area contributed by atoms with Crippen LogP contribution in [0.1, 0.15) is 28.4 Å². The van der Waals surface area contributed by atoms with Crippen molar-refractivity contribution in [3.8, 4) is 11.5 Å². The van der Waals surface area contributed by atoms with Gasteiger partial charge in [-0.3, -0.25) is 14.9 Å². The molecule has 1 amide bonds. The molecular formula is C16H15N3O5. The van der Waals surface area contributed by atoms with E-state index in [1.165, 1.54) is 37.3 Å². The van der Waals surface area contributed by atoms with Crippen LogP contribution in [-0.4, -0.2) is 26.8 Å². The van der Waals surface area contributed by atoms with E-state index in [4.69, 9.17) is 0 Å². The molecule has 2 aromatic rings. The van der Waals surface area contributed by atoms with E-state index in [-0.39, 0.29) is 22.7 Å². The number of hydrogen-bond acceptors (Lipinski definition) is 6. The van der Waals surface area contributed by atoms with E-state index in [2.05, 4.69) is 10.5 Å². The summed E-state index contributed by atoms with van der Waals surface area (Å²) in [7, 11) is 0. The molecule has 0 spiro atoms. The Bertz CT molecular complexity index is 846. The molecule has 0 saturated heterocycles. The summed E-state index contributed by atoms with van der Waals surface area (Å²) < 4.78 is 0. The molecule has 124 valence electrons. The second-order valence-corrected chi connectivity index (χ2v) is 5.10. The van der Waals surface area contributed by atoms with Crippen molar-refractivity contribution in [3.63, 3.8) is 0 Å². The van der Waals surface area contributed by atoms with E-state index in [0.29, 0.717) is 16.8 Å². The van der Waals surface area contributed by atoms with Crippen molar-refractivity contribution in [1.29, 1.82) is 0 Å². The number of nitro benzene ring substituents is 1. The number of aryl methyl sites for hydroxylation is 1. The number of benzene rings is 2. The van der Waals surface area contributed by atoms with Gasteiger partial charge in [-0.1, -0.05) is 0 Å². The zero-order valence-corrected chi connectivity index (χ0v) is 13.0. The van der Waals surface area contributed by atoms with Crippen LogP contribution in [0.2, 0.25) is 0 Å². The average molecular weight is 329 g/mol. The number of phenols is 2. The molecule has 0 atom stereocenters. The Morgan fingerprint density at radius 2 is 1.92 bits per heavy atom. The Morgan fingerprint density at radius 3 is 2.50 bits per heavy atom. The Labute approximate surface area is 137 Å². The highest BCUT2D eigenvalue weighted by Gasteiger charge is 2.14. The van der Waals surface area contributed by atoms with Gasteiger partial charge in [-0.25, -0.2) is 5.43 Å². The maximum Gasteiger partial charge on any atom is 0.272 e. The fourth-order valence-electron chi connectivity index (χ4n) is 2.09. The van der Waals surface area contributed by atoms with Gasteiger partial charge < -0.3 is 10.2 Å². The minimum Gasteiger partial charge on any atom is -0.508 e. The molecule has 0 unspecified atom stereocenters. The Kier molecular flexibility index (Phi) is 4.78. The molecule has 0 heterocycles. The van der Waals surface area contributed by atoms with Gasteiger partial charge in [0.1, 0.15) is 11.5 Å². The van der Waals surface area contributed by atoms with Crippen LogP contribution in [-0.2, 0) is 0 Å². The number of carbonyl (C=O) groups excluding carboxylic acids is 1. The second kappa shape index (κ2) is 6.78. The van der Waals surface area contributed by atoms with Crippen molar-refractivity contribution in [2.45, 2.75) is 13.8 Å². The van der Waals surface area contributed by atoms with E-state index >= 15 is 0 Å². The lowest BCUT2D eigenvalue weighted by Gasteiger charge is -2.06. The van der Waals surface area contributed by atoms with E-state index in [9.17, 15) is 25.1 Å². The zero-order chi connectivity index (χ0) is 17.9. The third-order valence-corrected chi connectivity index (χ3v) is 3.35. The highest BCUT2D eigenvalue weighted by atomic mass is 16.6. The maximum absolute atomic E-state index is 12.1. The molecule has 0 aromatic heterocycles. The standard InChI is InChI=1S/C16H15N3O5/c1-9-7-11(3-6-14(9)19(23)24)16(22)18-17-10(2)13-5-4-12(20)8-15(13)21/h3-8,20-21H,1-2H3,(H,18,22)/b17-10+. The van der Waals surface area contributed by atoms with Crippen LogP contribution in [0.15, 0.2) is 41.5 Å². The van der Waals surface area contributed by atoms with Gasteiger partial charge in [0.05, 0.1) is 10.6 Å². The first-order valence-electron chi connectivity index (χ1n) is 6.91. The second-order valence-electron chi connectivity index (χ2n) is 5.10. The molecule has 8 heteroatoms. The van der Waals surface area contributed by atoms with Crippen molar-refractivity contribution in [3.05, 3.63) is 63.2 Å². The molecule has 8 nitrogen and oxygen atoms in total. The van der Waals surface area contributed by atoms with Crippen molar-refractivity contribution in [2.75, 3.05) is 0 Å². The maximum atomic E-state index is 12.1. The smallest absolute Gasteiger partial charge is 0.272 e. The van der Waals surface area contributed by atoms with E-state index in [0.717, 1.165) is 6.07 Å². The van der Waals surface area contributed by atoms with Gasteiger partial charge >= 0.3 is 0 Å². The normalized spacial score (nSPS) is 11.2. The fraction of sp³-hybridized carbons (Fsp3) is 0.125. The number of amides is 1. The topological polar surface area (TPSA) is 125 Å². The predicted octanol–water partition coefficient (Wildman–Crippen LogP) is 2.47. The molecule has 0 saturated carbocycles. The number of nitrogens with zero attached hydrogens (tertiary/aromatic N) is 2. The van der Waals surface area contributed by atoms with Crippen LogP contribution < -0.4 is 5.43 Å². The molecule has 0 aliphatic carbocycles. The molecular weight excluding hydrogens is 314 g/mol. The number of phenolic OH excluding ortho intramolecular Hbond substituents is 2. The van der Waals surface area contributed by atoms with Crippen molar-refractivity contribution in [2.24, 2.45) is 5.10 Å². The quantitative estimate of drug-likeness (QED) is 0.451. The number of rotatable bonds is 4. The molecule has 0 aliphatic rings. The van der Waals surface area contributed by atoms with Gasteiger partial charge in [0.15, 0.2) is 0 Å². The van der Waals surface area contributed by atoms with Gasteiger partial charge in [0.2, 0.25) is 0 Å². The molecule has 0 fully saturated rings. The van der Waals surface area contributed by atoms with E-state index in [1.807, 2.05) is 0 Å². The molecule has 2 rings (SSSR count). The summed E-state index contributed by atoms with van der Waals surface area (Å²) in [6, 6.07) is 8.00. The lowest BCUT2D eigenvalue weighted by Crippen LogP contribution is -2.19. The lowest BCUT2D eigenvalue weighted by molar-refractivity contribution is -0.385. The summed E-state index contributed by atoms with van der Waals surface area (Å²) in [5, 5.41) is 33.7. The number of hydrogen-bond donors (Lipinski definition) is 3. The lowest BCUT2D eigenvalue weighted by atomic mass is 10.1. The largest absolute Gasteiger partial charge is 0.508 e. The summed E-state index contributed by atoms with van der Waals surface area (Å²) in [5.41, 5.74) is 3.53. The average Bonchev–Trinajstić information content (AvgIpc) is 2.51. The Hall–Kier alpha value is -3.42. The first kappa shape index (κ1) is 16.9. The highest BCUT2D eigenvalue weighted by Crippen LogP contribution is 2.23. The van der Waals surface area contributed by atoms with Gasteiger partial charge in [-0.15, -0.1) is 0 Å². The minimum absolute atomic E-state index is 0.0692. The Morgan fingerprint density at radius 1 is 1.21 bits per heavy atom. The van der Waals surface area contributed by atoms with E-state index < -0.39 is 10.8 Å². The van der Waals surface area contributed by atoms with Crippen LogP contribution in [0.3, 0.4) is 0 Å². The third kappa shape index (κ3) is 3.67. The zero-order valence-electron chi connectivity index (χ0n) is 13.0. The first-order valence-corrected chi connectivity index (χ1v) is 6.91. The predicted molar refractivity (Wildman–Crippen MR) is 87.3 cm³/mol. The number of hydrazone groups is 1. The fourth-order valence-corrected chi connectivity index (χ4v) is 2.09. The summed E-state index contributed by atoms with van der Waals surface area (Å²) >= 11 is 0. The SMILES string of the molecule is C/C(=N\NC(=O)c1ccc([N+](=O)[O-])c(C)c1)c1ccc(O)cc1O. The monoisotopic (exact) mass is 329 g/mol. The Balaban J connectivity index is 2.17. The summed E-state index contributed by atoms with van der Waals surface area (Å²) in [6.45, 7) is 3.12. The molecule has 0 radical (unpaired) electrons. The highest BCUT2D eigenvalue weighted by molar-refractivity contribution is 6.02. The molecule has 0 aliphatic heterocycles. The summed E-state index contributed by atoms with van der Waals surface area (Å²) in [6.07, 6.45) is 0. The van der Waals surface area contributed by atoms with Gasteiger partial charge in [-0.2, -0.15) is 5.10 Å². The summed E-state index contributed by atoms with van der Waals surface area (Å²) in [5.74, 6) is -0.795. The third-order valence-electron chi connectivity index (χ3n) is 3.35. The van der Waals surface area contributed by atoms with Crippen LogP contribution in [0.25, 0.3) is 0 Å². The first-order chi connectivity index (χ1) is 11.3. The van der Waals surface area contributed by atoms with Crippen molar-refractivity contribution >= 4 is 17.3 Å². The van der Waals surface area contributed by atoms with Crippen LogP contribution in [0.5, 0.6) is 11.5 Å². The number of aromatic hydroxyl groups is 2. The van der Waals surface area contributed by atoms with Crippen LogP contribution in [0, 0.1) is 17.0 Å². The van der Waals surface area contributed by atoms with Crippen molar-refractivity contribution in [1.82, 2.24) is 5.43 Å². The number of carbonyl (C=O) groups is 1. The van der Waals surface area contributed by atoms with Gasteiger partial charge in [-0.05, 0) is 38.1 Å². The van der Waals surface area contributed by atoms with Crippen LogP contribution >= 0.6 is 0 Å². The van der Waals surface area contributed by atoms with Crippen LogP contribution in [0.4, 0.5) is 5.69 Å². The number of nitro groups is 1. The van der Waals surface area contributed by atoms with Gasteiger partial charge in [0, 0.05) is 28.8 Å². The molecule has 0 bridgehead atoms. The molecule has 24 heavy (non-hydrogen) atoms.